The molecule has 2 aliphatic rings. The second-order valence-electron chi connectivity index (χ2n) is 7.96. The van der Waals surface area contributed by atoms with E-state index in [1.165, 1.54) is 84.0 Å². The van der Waals surface area contributed by atoms with Crippen LogP contribution in [0.3, 0.4) is 0 Å². The molecule has 0 spiro atoms. The molecule has 0 aromatic rings. The second-order valence-corrected chi connectivity index (χ2v) is 7.96. The summed E-state index contributed by atoms with van der Waals surface area (Å²) in [5, 5.41) is 3.70. The average Bonchev–Trinajstić information content (AvgIpc) is 2.48. The van der Waals surface area contributed by atoms with Gasteiger partial charge in [-0.25, -0.2) is 0 Å². The van der Waals surface area contributed by atoms with Crippen molar-refractivity contribution in [3.63, 3.8) is 0 Å². The Hall–Kier alpha value is -0.0800. The SMILES string of the molecule is CCCNCC(C)(CCC)CN1CCC[C@H]2CCCC[C@H]21. The zero-order valence-corrected chi connectivity index (χ0v) is 14.8. The zero-order valence-electron chi connectivity index (χ0n) is 14.8. The molecule has 1 aliphatic heterocycles. The lowest BCUT2D eigenvalue weighted by molar-refractivity contribution is 0.0251. The van der Waals surface area contributed by atoms with Gasteiger partial charge < -0.3 is 5.32 Å². The van der Waals surface area contributed by atoms with Gasteiger partial charge in [0.05, 0.1) is 0 Å². The van der Waals surface area contributed by atoms with Crippen LogP contribution in [0.15, 0.2) is 0 Å². The van der Waals surface area contributed by atoms with Gasteiger partial charge in [0.25, 0.3) is 0 Å². The van der Waals surface area contributed by atoms with Crippen LogP contribution in [0.5, 0.6) is 0 Å². The van der Waals surface area contributed by atoms with E-state index in [2.05, 4.69) is 31.0 Å². The molecular weight excluding hydrogens is 256 g/mol. The van der Waals surface area contributed by atoms with Crippen molar-refractivity contribution in [1.82, 2.24) is 10.2 Å². The topological polar surface area (TPSA) is 15.3 Å². The minimum absolute atomic E-state index is 0.462. The summed E-state index contributed by atoms with van der Waals surface area (Å²) in [5.74, 6) is 1.02. The molecule has 1 heterocycles. The highest BCUT2D eigenvalue weighted by molar-refractivity contribution is 4.91. The molecule has 1 saturated carbocycles. The molecule has 1 saturated heterocycles. The monoisotopic (exact) mass is 294 g/mol. The molecule has 2 heteroatoms. The Morgan fingerprint density at radius 3 is 2.57 bits per heavy atom. The maximum absolute atomic E-state index is 3.70. The molecule has 1 unspecified atom stereocenters. The van der Waals surface area contributed by atoms with Crippen LogP contribution in [0.4, 0.5) is 0 Å². The Labute approximate surface area is 133 Å². The van der Waals surface area contributed by atoms with Crippen molar-refractivity contribution in [3.8, 4) is 0 Å². The predicted octanol–water partition coefficient (Wildman–Crippen LogP) is 4.45. The van der Waals surface area contributed by atoms with E-state index in [1.807, 2.05) is 0 Å². The predicted molar refractivity (Wildman–Crippen MR) is 92.7 cm³/mol. The minimum Gasteiger partial charge on any atom is -0.316 e. The highest BCUT2D eigenvalue weighted by Gasteiger charge is 2.36. The number of nitrogens with zero attached hydrogens (tertiary/aromatic N) is 1. The second kappa shape index (κ2) is 8.53. The molecule has 3 atom stereocenters. The van der Waals surface area contributed by atoms with Crippen molar-refractivity contribution in [3.05, 3.63) is 0 Å². The Morgan fingerprint density at radius 2 is 1.81 bits per heavy atom. The molecule has 1 N–H and O–H groups in total. The molecule has 1 aliphatic carbocycles. The number of hydrogen-bond acceptors (Lipinski definition) is 2. The fourth-order valence-electron chi connectivity index (χ4n) is 4.81. The van der Waals surface area contributed by atoms with Crippen molar-refractivity contribution in [2.75, 3.05) is 26.2 Å². The van der Waals surface area contributed by atoms with E-state index in [9.17, 15) is 0 Å². The van der Waals surface area contributed by atoms with Gasteiger partial charge in [0.15, 0.2) is 0 Å². The molecule has 124 valence electrons. The third kappa shape index (κ3) is 4.96. The van der Waals surface area contributed by atoms with Gasteiger partial charge in [-0.1, -0.05) is 40.0 Å². The number of nitrogens with one attached hydrogen (secondary N) is 1. The van der Waals surface area contributed by atoms with E-state index in [-0.39, 0.29) is 0 Å². The summed E-state index contributed by atoms with van der Waals surface area (Å²) in [4.78, 5) is 2.89. The van der Waals surface area contributed by atoms with Gasteiger partial charge in [-0.15, -0.1) is 0 Å². The molecule has 21 heavy (non-hydrogen) atoms. The highest BCUT2D eigenvalue weighted by atomic mass is 15.2. The maximum Gasteiger partial charge on any atom is 0.0124 e. The van der Waals surface area contributed by atoms with Gasteiger partial charge in [-0.05, 0) is 62.9 Å². The Morgan fingerprint density at radius 1 is 1.05 bits per heavy atom. The fourth-order valence-corrected chi connectivity index (χ4v) is 4.81. The molecule has 2 rings (SSSR count). The van der Waals surface area contributed by atoms with Gasteiger partial charge in [-0.2, -0.15) is 0 Å². The number of rotatable bonds is 8. The summed E-state index contributed by atoms with van der Waals surface area (Å²) in [7, 11) is 0. The number of hydrogen-bond donors (Lipinski definition) is 1. The number of piperidine rings is 1. The van der Waals surface area contributed by atoms with Crippen molar-refractivity contribution >= 4 is 0 Å². The van der Waals surface area contributed by atoms with E-state index in [1.54, 1.807) is 0 Å². The van der Waals surface area contributed by atoms with Crippen molar-refractivity contribution in [2.24, 2.45) is 11.3 Å². The Kier molecular flexibility index (Phi) is 7.01. The maximum atomic E-state index is 3.70. The standard InChI is InChI=1S/C19H38N2/c1-4-12-19(3,15-20-13-5-2)16-21-14-8-10-17-9-6-7-11-18(17)21/h17-18,20H,4-16H2,1-3H3/t17-,18-,19?/m1/s1. The van der Waals surface area contributed by atoms with E-state index >= 15 is 0 Å². The molecule has 2 nitrogen and oxygen atoms in total. The van der Waals surface area contributed by atoms with Gasteiger partial charge >= 0.3 is 0 Å². The normalized spacial score (nSPS) is 29.9. The first-order chi connectivity index (χ1) is 10.2. The van der Waals surface area contributed by atoms with E-state index in [0.29, 0.717) is 5.41 Å². The summed E-state index contributed by atoms with van der Waals surface area (Å²) in [6.07, 6.45) is 12.8. The third-order valence-electron chi connectivity index (χ3n) is 5.78. The summed E-state index contributed by atoms with van der Waals surface area (Å²) < 4.78 is 0. The van der Waals surface area contributed by atoms with Crippen LogP contribution in [0.2, 0.25) is 0 Å². The van der Waals surface area contributed by atoms with Crippen LogP contribution in [-0.4, -0.2) is 37.1 Å². The lowest BCUT2D eigenvalue weighted by Crippen LogP contribution is -2.52. The van der Waals surface area contributed by atoms with Crippen LogP contribution < -0.4 is 5.32 Å². The smallest absolute Gasteiger partial charge is 0.0124 e. The lowest BCUT2D eigenvalue weighted by atomic mass is 9.76. The summed E-state index contributed by atoms with van der Waals surface area (Å²) in [6.45, 7) is 12.2. The minimum atomic E-state index is 0.462. The van der Waals surface area contributed by atoms with Crippen LogP contribution in [-0.2, 0) is 0 Å². The molecule has 0 aromatic heterocycles. The Bertz CT molecular complexity index is 289. The van der Waals surface area contributed by atoms with Crippen LogP contribution in [0, 0.1) is 11.3 Å². The van der Waals surface area contributed by atoms with Gasteiger partial charge in [0.1, 0.15) is 0 Å². The summed E-state index contributed by atoms with van der Waals surface area (Å²) in [6, 6.07) is 0.912. The third-order valence-corrected chi connectivity index (χ3v) is 5.78. The van der Waals surface area contributed by atoms with E-state index < -0.39 is 0 Å². The first kappa shape index (κ1) is 17.3. The molecule has 0 aromatic carbocycles. The average molecular weight is 295 g/mol. The van der Waals surface area contributed by atoms with Crippen molar-refractivity contribution in [2.45, 2.75) is 84.6 Å². The van der Waals surface area contributed by atoms with Crippen LogP contribution in [0.25, 0.3) is 0 Å². The first-order valence-corrected chi connectivity index (χ1v) is 9.63. The molecular formula is C19H38N2. The molecule has 2 fully saturated rings. The molecule has 0 amide bonds. The van der Waals surface area contributed by atoms with E-state index in [4.69, 9.17) is 0 Å². The van der Waals surface area contributed by atoms with Crippen LogP contribution in [0.1, 0.15) is 78.6 Å². The van der Waals surface area contributed by atoms with Gasteiger partial charge in [0, 0.05) is 19.1 Å². The van der Waals surface area contributed by atoms with Crippen molar-refractivity contribution < 1.29 is 0 Å². The summed E-state index contributed by atoms with van der Waals surface area (Å²) >= 11 is 0. The number of fused-ring (bicyclic) bond motifs is 1. The van der Waals surface area contributed by atoms with Crippen molar-refractivity contribution in [1.29, 1.82) is 0 Å². The first-order valence-electron chi connectivity index (χ1n) is 9.63. The fraction of sp³-hybridized carbons (Fsp3) is 1.00. The van der Waals surface area contributed by atoms with Crippen LogP contribution >= 0.6 is 0 Å². The summed E-state index contributed by atoms with van der Waals surface area (Å²) in [5.41, 5.74) is 0.462. The molecule has 0 radical (unpaired) electrons. The Balaban J connectivity index is 1.93. The molecule has 0 bridgehead atoms. The zero-order chi connectivity index (χ0) is 15.1. The quantitative estimate of drug-likeness (QED) is 0.665. The highest BCUT2D eigenvalue weighted by Crippen LogP contribution is 2.37. The number of likely N-dealkylation sites (tertiary alicyclic amines) is 1. The largest absolute Gasteiger partial charge is 0.316 e. The van der Waals surface area contributed by atoms with Gasteiger partial charge in [-0.3, -0.25) is 4.90 Å². The lowest BCUT2D eigenvalue weighted by Gasteiger charge is -2.47. The van der Waals surface area contributed by atoms with Gasteiger partial charge in [0.2, 0.25) is 0 Å². The van der Waals surface area contributed by atoms with E-state index in [0.717, 1.165) is 12.0 Å².